The van der Waals surface area contributed by atoms with Crippen molar-refractivity contribution < 1.29 is 19.1 Å². The van der Waals surface area contributed by atoms with Crippen molar-refractivity contribution in [1.29, 1.82) is 0 Å². The minimum absolute atomic E-state index is 0.0286. The van der Waals surface area contributed by atoms with Crippen molar-refractivity contribution in [3.05, 3.63) is 53.6 Å². The van der Waals surface area contributed by atoms with Crippen molar-refractivity contribution in [2.75, 3.05) is 11.4 Å². The summed E-state index contributed by atoms with van der Waals surface area (Å²) in [4.78, 5) is 37.5. The lowest BCUT2D eigenvalue weighted by Gasteiger charge is -2.19. The molecule has 1 fully saturated rings. The maximum atomic E-state index is 12.5. The Morgan fingerprint density at radius 3 is 2.41 bits per heavy atom. The lowest BCUT2D eigenvalue weighted by molar-refractivity contribution is -0.125. The van der Waals surface area contributed by atoms with Gasteiger partial charge in [-0.05, 0) is 49.6 Å². The normalized spacial score (nSPS) is 14.9. The number of hydrogen-bond acceptors (Lipinski definition) is 4. The van der Waals surface area contributed by atoms with E-state index >= 15 is 0 Å². The van der Waals surface area contributed by atoms with Crippen molar-refractivity contribution in [3.63, 3.8) is 0 Å². The topological polar surface area (TPSA) is 89.7 Å². The Hall–Kier alpha value is -3.15. The standard InChI is InChI=1S/C21H22N2O4/c1-13-5-7-15(8-6-13)16-10-17(21(26)27-14(2)20(22)25)12-18(11-16)23-9-3-4-19(23)24/h5-8,10-12,14H,3-4,9H2,1-2H3,(H2,22,25)/t14-/m0/s1. The lowest BCUT2D eigenvalue weighted by atomic mass is 10.0. The fraction of sp³-hybridized carbons (Fsp3) is 0.286. The first-order valence-electron chi connectivity index (χ1n) is 8.88. The molecule has 1 aliphatic heterocycles. The largest absolute Gasteiger partial charge is 0.449 e. The predicted molar refractivity (Wildman–Crippen MR) is 102 cm³/mol. The predicted octanol–water partition coefficient (Wildman–Crippen LogP) is 2.82. The number of aryl methyl sites for hydroxylation is 1. The molecule has 6 nitrogen and oxygen atoms in total. The van der Waals surface area contributed by atoms with Gasteiger partial charge in [0.25, 0.3) is 5.91 Å². The molecule has 2 aromatic rings. The number of carbonyl (C=O) groups is 3. The van der Waals surface area contributed by atoms with Crippen molar-refractivity contribution >= 4 is 23.5 Å². The average molecular weight is 366 g/mol. The highest BCUT2D eigenvalue weighted by atomic mass is 16.5. The van der Waals surface area contributed by atoms with E-state index in [0.717, 1.165) is 23.1 Å². The SMILES string of the molecule is Cc1ccc(-c2cc(C(=O)O[C@@H](C)C(N)=O)cc(N3CCCC3=O)c2)cc1. The molecule has 0 aromatic heterocycles. The second-order valence-electron chi connectivity index (χ2n) is 6.73. The van der Waals surface area contributed by atoms with Crippen molar-refractivity contribution in [3.8, 4) is 11.1 Å². The van der Waals surface area contributed by atoms with E-state index < -0.39 is 18.0 Å². The van der Waals surface area contributed by atoms with Gasteiger partial charge in [0.15, 0.2) is 6.10 Å². The van der Waals surface area contributed by atoms with Gasteiger partial charge in [-0.2, -0.15) is 0 Å². The third kappa shape index (κ3) is 4.16. The van der Waals surface area contributed by atoms with Crippen LogP contribution in [0.4, 0.5) is 5.69 Å². The Morgan fingerprint density at radius 2 is 1.81 bits per heavy atom. The number of benzene rings is 2. The first kappa shape index (κ1) is 18.6. The molecule has 2 aromatic carbocycles. The molecule has 2 N–H and O–H groups in total. The molecule has 0 spiro atoms. The van der Waals surface area contributed by atoms with Crippen LogP contribution in [0.1, 0.15) is 35.7 Å². The average Bonchev–Trinajstić information content (AvgIpc) is 3.07. The minimum atomic E-state index is -1.03. The Morgan fingerprint density at radius 1 is 1.11 bits per heavy atom. The van der Waals surface area contributed by atoms with Crippen LogP contribution in [0.15, 0.2) is 42.5 Å². The number of esters is 1. The first-order chi connectivity index (χ1) is 12.8. The molecule has 140 valence electrons. The summed E-state index contributed by atoms with van der Waals surface area (Å²) in [6.07, 6.45) is 0.247. The molecule has 0 saturated carbocycles. The van der Waals surface area contributed by atoms with Gasteiger partial charge in [-0.3, -0.25) is 9.59 Å². The van der Waals surface area contributed by atoms with Gasteiger partial charge in [0.05, 0.1) is 5.56 Å². The fourth-order valence-corrected chi connectivity index (χ4v) is 3.01. The summed E-state index contributed by atoms with van der Waals surface area (Å²) in [5.74, 6) is -1.34. The summed E-state index contributed by atoms with van der Waals surface area (Å²) in [5.41, 5.74) is 8.94. The minimum Gasteiger partial charge on any atom is -0.449 e. The molecule has 0 unspecified atom stereocenters. The molecule has 2 amide bonds. The van der Waals surface area contributed by atoms with Crippen LogP contribution < -0.4 is 10.6 Å². The number of nitrogens with zero attached hydrogens (tertiary/aromatic N) is 1. The van der Waals surface area contributed by atoms with Crippen LogP contribution in [-0.4, -0.2) is 30.4 Å². The fourth-order valence-electron chi connectivity index (χ4n) is 3.01. The molecule has 27 heavy (non-hydrogen) atoms. The molecule has 6 heteroatoms. The summed E-state index contributed by atoms with van der Waals surface area (Å²) >= 11 is 0. The molecule has 3 rings (SSSR count). The van der Waals surface area contributed by atoms with Crippen molar-refractivity contribution in [1.82, 2.24) is 0 Å². The highest BCUT2D eigenvalue weighted by molar-refractivity contribution is 5.99. The zero-order valence-electron chi connectivity index (χ0n) is 15.4. The summed E-state index contributed by atoms with van der Waals surface area (Å²) < 4.78 is 5.14. The first-order valence-corrected chi connectivity index (χ1v) is 8.88. The Balaban J connectivity index is 2.02. The quantitative estimate of drug-likeness (QED) is 0.824. The zero-order valence-corrected chi connectivity index (χ0v) is 15.4. The van der Waals surface area contributed by atoms with Gasteiger partial charge in [0, 0.05) is 18.7 Å². The molecule has 1 saturated heterocycles. The molecule has 0 bridgehead atoms. The van der Waals surface area contributed by atoms with E-state index in [9.17, 15) is 14.4 Å². The van der Waals surface area contributed by atoms with Crippen molar-refractivity contribution in [2.24, 2.45) is 5.73 Å². The second-order valence-corrected chi connectivity index (χ2v) is 6.73. The Bertz CT molecular complexity index is 890. The highest BCUT2D eigenvalue weighted by Crippen LogP contribution is 2.30. The van der Waals surface area contributed by atoms with Gasteiger partial charge >= 0.3 is 5.97 Å². The zero-order chi connectivity index (χ0) is 19.6. The van der Waals surface area contributed by atoms with Gasteiger partial charge in [-0.15, -0.1) is 0 Å². The van der Waals surface area contributed by atoms with Crippen LogP contribution in [0.2, 0.25) is 0 Å². The third-order valence-corrected chi connectivity index (χ3v) is 4.61. The van der Waals surface area contributed by atoms with Crippen LogP contribution in [0.5, 0.6) is 0 Å². The number of hydrogen-bond donors (Lipinski definition) is 1. The highest BCUT2D eigenvalue weighted by Gasteiger charge is 2.24. The number of anilines is 1. The van der Waals surface area contributed by atoms with E-state index in [-0.39, 0.29) is 11.5 Å². The summed E-state index contributed by atoms with van der Waals surface area (Å²) in [5, 5.41) is 0. The van der Waals surface area contributed by atoms with Crippen LogP contribution in [0.25, 0.3) is 11.1 Å². The monoisotopic (exact) mass is 366 g/mol. The van der Waals surface area contributed by atoms with Gasteiger partial charge < -0.3 is 15.4 Å². The Kier molecular flexibility index (Phi) is 5.26. The molecular weight excluding hydrogens is 344 g/mol. The van der Waals surface area contributed by atoms with E-state index in [0.29, 0.717) is 18.7 Å². The summed E-state index contributed by atoms with van der Waals surface area (Å²) in [6, 6.07) is 13.1. The van der Waals surface area contributed by atoms with E-state index in [2.05, 4.69) is 0 Å². The smallest absolute Gasteiger partial charge is 0.338 e. The number of nitrogens with two attached hydrogens (primary N) is 1. The molecule has 0 aliphatic carbocycles. The van der Waals surface area contributed by atoms with E-state index in [1.807, 2.05) is 37.3 Å². The van der Waals surface area contributed by atoms with E-state index in [1.54, 1.807) is 17.0 Å². The second kappa shape index (κ2) is 7.61. The lowest BCUT2D eigenvalue weighted by Crippen LogP contribution is -2.30. The number of amides is 2. The van der Waals surface area contributed by atoms with Gasteiger partial charge in [-0.25, -0.2) is 4.79 Å². The molecule has 1 heterocycles. The maximum Gasteiger partial charge on any atom is 0.338 e. The van der Waals surface area contributed by atoms with Crippen LogP contribution in [0, 0.1) is 6.92 Å². The summed E-state index contributed by atoms with van der Waals surface area (Å²) in [6.45, 7) is 4.04. The van der Waals surface area contributed by atoms with E-state index in [1.165, 1.54) is 6.92 Å². The number of carbonyl (C=O) groups excluding carboxylic acids is 3. The van der Waals surface area contributed by atoms with Crippen LogP contribution in [-0.2, 0) is 14.3 Å². The van der Waals surface area contributed by atoms with Crippen LogP contribution in [0.3, 0.4) is 0 Å². The van der Waals surface area contributed by atoms with E-state index in [4.69, 9.17) is 10.5 Å². The number of ether oxygens (including phenoxy) is 1. The number of rotatable bonds is 5. The third-order valence-electron chi connectivity index (χ3n) is 4.61. The number of primary amides is 1. The molecular formula is C21H22N2O4. The molecule has 0 radical (unpaired) electrons. The Labute approximate surface area is 157 Å². The van der Waals surface area contributed by atoms with Gasteiger partial charge in [0.1, 0.15) is 0 Å². The van der Waals surface area contributed by atoms with Crippen molar-refractivity contribution in [2.45, 2.75) is 32.8 Å². The maximum absolute atomic E-state index is 12.5. The van der Waals surface area contributed by atoms with Gasteiger partial charge in [-0.1, -0.05) is 29.8 Å². The molecule has 1 aliphatic rings. The van der Waals surface area contributed by atoms with Gasteiger partial charge in [0.2, 0.25) is 5.91 Å². The molecule has 1 atom stereocenters. The summed E-state index contributed by atoms with van der Waals surface area (Å²) in [7, 11) is 0. The van der Waals surface area contributed by atoms with Crippen LogP contribution >= 0.6 is 0 Å².